The van der Waals surface area contributed by atoms with Gasteiger partial charge in [0, 0.05) is 18.5 Å². The van der Waals surface area contributed by atoms with E-state index in [1.807, 2.05) is 32.0 Å². The van der Waals surface area contributed by atoms with Crippen LogP contribution in [-0.4, -0.2) is 41.3 Å². The number of hydrogen-bond donors (Lipinski definition) is 2. The molecule has 1 saturated heterocycles. The van der Waals surface area contributed by atoms with Crippen molar-refractivity contribution in [3.05, 3.63) is 65.2 Å². The minimum atomic E-state index is -0.614. The Morgan fingerprint density at radius 1 is 1.03 bits per heavy atom. The summed E-state index contributed by atoms with van der Waals surface area (Å²) in [5.41, 5.74) is 9.06. The van der Waals surface area contributed by atoms with Crippen molar-refractivity contribution in [3.63, 3.8) is 0 Å². The highest BCUT2D eigenvalue weighted by Crippen LogP contribution is 2.41. The number of piperidine rings is 1. The normalized spacial score (nSPS) is 19.9. The fourth-order valence-electron chi connectivity index (χ4n) is 5.28. The zero-order valence-electron chi connectivity index (χ0n) is 20.9. The first-order chi connectivity index (χ1) is 16.0. The molecule has 2 aliphatic rings. The second-order valence-corrected chi connectivity index (χ2v) is 9.65. The van der Waals surface area contributed by atoms with E-state index in [2.05, 4.69) is 42.2 Å². The number of likely N-dealkylation sites (tertiary alicyclic amines) is 1. The minimum Gasteiger partial charge on any atom is -0.489 e. The molecule has 3 N–H and O–H groups in total. The molecule has 0 amide bonds. The van der Waals surface area contributed by atoms with Gasteiger partial charge in [-0.2, -0.15) is 0 Å². The second-order valence-electron chi connectivity index (χ2n) is 9.65. The topological polar surface area (TPSA) is 58.7 Å². The van der Waals surface area contributed by atoms with Crippen LogP contribution >= 0.6 is 0 Å². The zero-order valence-corrected chi connectivity index (χ0v) is 20.9. The summed E-state index contributed by atoms with van der Waals surface area (Å²) in [6.45, 7) is 9.66. The van der Waals surface area contributed by atoms with E-state index in [-0.39, 0.29) is 5.92 Å². The lowest BCUT2D eigenvalue weighted by Crippen LogP contribution is -2.47. The molecule has 33 heavy (non-hydrogen) atoms. The fourth-order valence-corrected chi connectivity index (χ4v) is 5.28. The quantitative estimate of drug-likeness (QED) is 0.557. The maximum absolute atomic E-state index is 11.7. The Hall–Kier alpha value is -1.88. The van der Waals surface area contributed by atoms with Gasteiger partial charge in [0.25, 0.3) is 0 Å². The Morgan fingerprint density at radius 2 is 1.70 bits per heavy atom. The summed E-state index contributed by atoms with van der Waals surface area (Å²) in [5, 5.41) is 11.7. The molecule has 4 heteroatoms. The Morgan fingerprint density at radius 3 is 2.33 bits per heavy atom. The third kappa shape index (κ3) is 7.05. The van der Waals surface area contributed by atoms with Gasteiger partial charge in [-0.05, 0) is 68.5 Å². The van der Waals surface area contributed by atoms with Gasteiger partial charge in [-0.3, -0.25) is 0 Å². The van der Waals surface area contributed by atoms with Crippen LogP contribution in [0.25, 0.3) is 0 Å². The highest BCUT2D eigenvalue weighted by molar-refractivity contribution is 5.39. The zero-order chi connectivity index (χ0) is 23.7. The van der Waals surface area contributed by atoms with Crippen molar-refractivity contribution in [1.29, 1.82) is 0 Å². The molecule has 4 nitrogen and oxygen atoms in total. The van der Waals surface area contributed by atoms with E-state index in [1.54, 1.807) is 0 Å². The Bertz CT molecular complexity index is 825. The highest BCUT2D eigenvalue weighted by atomic mass is 16.5. The van der Waals surface area contributed by atoms with Gasteiger partial charge in [0.05, 0.1) is 5.60 Å². The maximum Gasteiger partial charge on any atom is 0.122 e. The van der Waals surface area contributed by atoms with Gasteiger partial charge >= 0.3 is 0 Å². The molecule has 0 spiro atoms. The summed E-state index contributed by atoms with van der Waals surface area (Å²) in [5.74, 6) is 1.05. The average molecular weight is 453 g/mol. The van der Waals surface area contributed by atoms with Crippen molar-refractivity contribution in [2.75, 3.05) is 19.6 Å². The van der Waals surface area contributed by atoms with Crippen molar-refractivity contribution < 1.29 is 9.84 Å². The molecule has 1 aliphatic carbocycles. The Balaban J connectivity index is 0.00000149. The SMILES string of the molecule is CC.Cc1cc(C(CN2CCC(N)CC2)C2(O)CCCCC2)ccc1OCc1ccccc1. The van der Waals surface area contributed by atoms with E-state index in [0.29, 0.717) is 12.6 Å². The molecule has 0 aromatic heterocycles. The van der Waals surface area contributed by atoms with E-state index in [0.717, 1.165) is 69.5 Å². The van der Waals surface area contributed by atoms with E-state index >= 15 is 0 Å². The molecular formula is C29H44N2O2. The molecule has 2 aromatic rings. The van der Waals surface area contributed by atoms with Gasteiger partial charge in [0.1, 0.15) is 12.4 Å². The third-order valence-corrected chi connectivity index (χ3v) is 7.28. The number of hydrogen-bond acceptors (Lipinski definition) is 4. The number of rotatable bonds is 7. The van der Waals surface area contributed by atoms with Crippen LogP contribution in [0.3, 0.4) is 0 Å². The summed E-state index contributed by atoms with van der Waals surface area (Å²) >= 11 is 0. The number of aliphatic hydroxyl groups is 1. The Labute approximate surface area is 201 Å². The smallest absolute Gasteiger partial charge is 0.122 e. The van der Waals surface area contributed by atoms with Crippen molar-refractivity contribution >= 4 is 0 Å². The molecule has 182 valence electrons. The van der Waals surface area contributed by atoms with E-state index < -0.39 is 5.60 Å². The third-order valence-electron chi connectivity index (χ3n) is 7.28. The molecule has 1 unspecified atom stereocenters. The molecule has 1 heterocycles. The lowest BCUT2D eigenvalue weighted by Gasteiger charge is -2.43. The van der Waals surface area contributed by atoms with Crippen LogP contribution in [0.1, 0.15) is 81.4 Å². The van der Waals surface area contributed by atoms with Crippen molar-refractivity contribution in [1.82, 2.24) is 4.90 Å². The summed E-state index contributed by atoms with van der Waals surface area (Å²) < 4.78 is 6.10. The van der Waals surface area contributed by atoms with E-state index in [1.165, 1.54) is 17.5 Å². The first kappa shape index (κ1) is 25.7. The number of benzene rings is 2. The average Bonchev–Trinajstić information content (AvgIpc) is 2.85. The molecule has 1 saturated carbocycles. The number of nitrogens with two attached hydrogens (primary N) is 1. The van der Waals surface area contributed by atoms with Crippen molar-refractivity contribution in [2.45, 2.75) is 89.9 Å². The largest absolute Gasteiger partial charge is 0.489 e. The summed E-state index contributed by atoms with van der Waals surface area (Å²) in [6, 6.07) is 17.1. The van der Waals surface area contributed by atoms with Crippen LogP contribution in [-0.2, 0) is 6.61 Å². The van der Waals surface area contributed by atoms with Gasteiger partial charge in [-0.15, -0.1) is 0 Å². The summed E-state index contributed by atoms with van der Waals surface area (Å²) in [6.07, 6.45) is 7.38. The van der Waals surface area contributed by atoms with E-state index in [4.69, 9.17) is 10.5 Å². The van der Waals surface area contributed by atoms with Gasteiger partial charge in [0.15, 0.2) is 0 Å². The predicted molar refractivity (Wildman–Crippen MR) is 138 cm³/mol. The molecule has 0 radical (unpaired) electrons. The lowest BCUT2D eigenvalue weighted by molar-refractivity contribution is -0.0324. The number of aryl methyl sites for hydroxylation is 1. The van der Waals surface area contributed by atoms with Crippen LogP contribution in [0.2, 0.25) is 0 Å². The van der Waals surface area contributed by atoms with Crippen LogP contribution in [0.5, 0.6) is 5.75 Å². The predicted octanol–water partition coefficient (Wildman–Crippen LogP) is 5.80. The van der Waals surface area contributed by atoms with E-state index in [9.17, 15) is 5.11 Å². The second kappa shape index (κ2) is 12.5. The summed E-state index contributed by atoms with van der Waals surface area (Å²) in [4.78, 5) is 2.51. The molecular weight excluding hydrogens is 408 g/mol. The van der Waals surface area contributed by atoms with Crippen LogP contribution < -0.4 is 10.5 Å². The fraction of sp³-hybridized carbons (Fsp3) is 0.586. The monoisotopic (exact) mass is 452 g/mol. The number of nitrogens with zero attached hydrogens (tertiary/aromatic N) is 1. The Kier molecular flexibility index (Phi) is 9.78. The summed E-state index contributed by atoms with van der Waals surface area (Å²) in [7, 11) is 0. The van der Waals surface area contributed by atoms with Crippen LogP contribution in [0.4, 0.5) is 0 Å². The highest BCUT2D eigenvalue weighted by Gasteiger charge is 2.40. The van der Waals surface area contributed by atoms with Gasteiger partial charge in [0.2, 0.25) is 0 Å². The van der Waals surface area contributed by atoms with Crippen LogP contribution in [0.15, 0.2) is 48.5 Å². The molecule has 1 atom stereocenters. The van der Waals surface area contributed by atoms with Gasteiger partial charge in [-0.25, -0.2) is 0 Å². The standard InChI is InChI=1S/C27H38N2O2.C2H6/c1-21-18-23(10-11-26(21)31-20-22-8-4-2-5-9-22)25(27(30)14-6-3-7-15-27)19-29-16-12-24(28)13-17-29;1-2/h2,4-5,8-11,18,24-25,30H,3,6-7,12-17,19-20,28H2,1H3;1-2H3. The maximum atomic E-state index is 11.7. The van der Waals surface area contributed by atoms with Crippen LogP contribution in [0, 0.1) is 6.92 Å². The molecule has 2 aromatic carbocycles. The molecule has 0 bridgehead atoms. The molecule has 4 rings (SSSR count). The minimum absolute atomic E-state index is 0.129. The lowest BCUT2D eigenvalue weighted by atomic mass is 9.72. The number of ether oxygens (including phenoxy) is 1. The van der Waals surface area contributed by atoms with Crippen molar-refractivity contribution in [3.8, 4) is 5.75 Å². The first-order valence-corrected chi connectivity index (χ1v) is 13.0. The molecule has 2 fully saturated rings. The van der Waals surface area contributed by atoms with Gasteiger partial charge in [-0.1, -0.05) is 75.6 Å². The molecule has 1 aliphatic heterocycles. The first-order valence-electron chi connectivity index (χ1n) is 13.0. The van der Waals surface area contributed by atoms with Gasteiger partial charge < -0.3 is 20.5 Å². The van der Waals surface area contributed by atoms with Crippen molar-refractivity contribution in [2.24, 2.45) is 5.73 Å².